The van der Waals surface area contributed by atoms with Gasteiger partial charge in [-0.3, -0.25) is 9.59 Å². The fraction of sp³-hybridized carbons (Fsp3) is 0.438. The van der Waals surface area contributed by atoms with E-state index in [1.807, 2.05) is 42.2 Å². The number of hydrogen-bond donors (Lipinski definition) is 0. The van der Waals surface area contributed by atoms with E-state index >= 15 is 0 Å². The zero-order chi connectivity index (χ0) is 28.7. The number of piperidine rings is 1. The highest BCUT2D eigenvalue weighted by Crippen LogP contribution is 2.29. The van der Waals surface area contributed by atoms with Crippen LogP contribution in [-0.2, 0) is 27.2 Å². The van der Waals surface area contributed by atoms with Gasteiger partial charge in [0, 0.05) is 49.5 Å². The first-order valence-electron chi connectivity index (χ1n) is 14.0. The SMILES string of the molecule is CCOC(=O)C1CCN(C(=O)c2cccc(CSc3nc(N(C)Cc4ccccc4)cc(C(C)(C)C)n3)c2)CC1. The topological polar surface area (TPSA) is 75.6 Å². The van der Waals surface area contributed by atoms with Gasteiger partial charge in [-0.1, -0.05) is 75.0 Å². The highest BCUT2D eigenvalue weighted by atomic mass is 32.2. The second kappa shape index (κ2) is 13.3. The molecule has 0 saturated carbocycles. The van der Waals surface area contributed by atoms with Crippen molar-refractivity contribution in [2.45, 2.75) is 63.4 Å². The molecule has 2 heterocycles. The number of nitrogens with zero attached hydrogens (tertiary/aromatic N) is 4. The van der Waals surface area contributed by atoms with Crippen LogP contribution in [-0.4, -0.2) is 53.5 Å². The number of benzene rings is 2. The summed E-state index contributed by atoms with van der Waals surface area (Å²) in [6, 6.07) is 20.2. The van der Waals surface area contributed by atoms with E-state index in [4.69, 9.17) is 14.7 Å². The van der Waals surface area contributed by atoms with Crippen LogP contribution in [0, 0.1) is 5.92 Å². The van der Waals surface area contributed by atoms with Gasteiger partial charge in [-0.25, -0.2) is 9.97 Å². The van der Waals surface area contributed by atoms with Gasteiger partial charge in [-0.15, -0.1) is 0 Å². The molecule has 0 unspecified atom stereocenters. The molecule has 2 aromatic carbocycles. The van der Waals surface area contributed by atoms with E-state index in [2.05, 4.69) is 63.1 Å². The molecule has 212 valence electrons. The monoisotopic (exact) mass is 560 g/mol. The van der Waals surface area contributed by atoms with Crippen molar-refractivity contribution in [1.29, 1.82) is 0 Å². The number of hydrogen-bond acceptors (Lipinski definition) is 7. The lowest BCUT2D eigenvalue weighted by molar-refractivity contribution is -0.149. The average molecular weight is 561 g/mol. The minimum absolute atomic E-state index is 0.00459. The maximum atomic E-state index is 13.2. The van der Waals surface area contributed by atoms with E-state index in [1.54, 1.807) is 11.8 Å². The largest absolute Gasteiger partial charge is 0.466 e. The van der Waals surface area contributed by atoms with E-state index in [0.717, 1.165) is 28.8 Å². The van der Waals surface area contributed by atoms with Crippen molar-refractivity contribution >= 4 is 29.5 Å². The molecular weight excluding hydrogens is 520 g/mol. The molecule has 0 atom stereocenters. The van der Waals surface area contributed by atoms with Crippen molar-refractivity contribution in [3.05, 3.63) is 83.0 Å². The quantitative estimate of drug-likeness (QED) is 0.177. The van der Waals surface area contributed by atoms with Crippen LogP contribution < -0.4 is 4.90 Å². The minimum atomic E-state index is -0.152. The minimum Gasteiger partial charge on any atom is -0.466 e. The zero-order valence-corrected chi connectivity index (χ0v) is 25.0. The summed E-state index contributed by atoms with van der Waals surface area (Å²) in [5.74, 6) is 1.28. The number of ether oxygens (including phenoxy) is 1. The third-order valence-electron chi connectivity index (χ3n) is 7.06. The van der Waals surface area contributed by atoms with Crippen LogP contribution in [0.2, 0.25) is 0 Å². The summed E-state index contributed by atoms with van der Waals surface area (Å²) >= 11 is 1.58. The summed E-state index contributed by atoms with van der Waals surface area (Å²) in [5, 5.41) is 0.722. The number of likely N-dealkylation sites (tertiary alicyclic amines) is 1. The molecule has 8 heteroatoms. The van der Waals surface area contributed by atoms with Gasteiger partial charge < -0.3 is 14.5 Å². The normalized spacial score (nSPS) is 14.2. The Morgan fingerprint density at radius 3 is 2.38 bits per heavy atom. The summed E-state index contributed by atoms with van der Waals surface area (Å²) < 4.78 is 5.16. The van der Waals surface area contributed by atoms with Crippen molar-refractivity contribution in [3.8, 4) is 0 Å². The molecule has 4 rings (SSSR count). The predicted octanol–water partition coefficient (Wildman–Crippen LogP) is 6.12. The van der Waals surface area contributed by atoms with Gasteiger partial charge in [0.1, 0.15) is 5.82 Å². The van der Waals surface area contributed by atoms with Gasteiger partial charge in [0.05, 0.1) is 18.2 Å². The highest BCUT2D eigenvalue weighted by Gasteiger charge is 2.28. The molecule has 1 aromatic heterocycles. The van der Waals surface area contributed by atoms with Crippen molar-refractivity contribution in [2.24, 2.45) is 5.92 Å². The van der Waals surface area contributed by atoms with Gasteiger partial charge >= 0.3 is 5.97 Å². The molecule has 40 heavy (non-hydrogen) atoms. The van der Waals surface area contributed by atoms with E-state index < -0.39 is 0 Å². The van der Waals surface area contributed by atoms with E-state index in [1.165, 1.54) is 5.56 Å². The maximum absolute atomic E-state index is 13.2. The molecule has 7 nitrogen and oxygen atoms in total. The Hall–Kier alpha value is -3.39. The molecule has 0 aliphatic carbocycles. The lowest BCUT2D eigenvalue weighted by Crippen LogP contribution is -2.40. The van der Waals surface area contributed by atoms with E-state index in [9.17, 15) is 9.59 Å². The van der Waals surface area contributed by atoms with Gasteiger partial charge in [0.15, 0.2) is 5.16 Å². The Bertz CT molecular complexity index is 1300. The molecular formula is C32H40N4O3S. The maximum Gasteiger partial charge on any atom is 0.309 e. The number of rotatable bonds is 9. The van der Waals surface area contributed by atoms with Crippen LogP contribution in [0.4, 0.5) is 5.82 Å². The summed E-state index contributed by atoms with van der Waals surface area (Å²) in [4.78, 5) is 39.0. The average Bonchev–Trinajstić information content (AvgIpc) is 2.96. The van der Waals surface area contributed by atoms with Crippen molar-refractivity contribution in [3.63, 3.8) is 0 Å². The summed E-state index contributed by atoms with van der Waals surface area (Å²) in [6.45, 7) is 10.6. The Kier molecular flexibility index (Phi) is 9.85. The zero-order valence-electron chi connectivity index (χ0n) is 24.2. The van der Waals surface area contributed by atoms with E-state index in [0.29, 0.717) is 43.9 Å². The Balaban J connectivity index is 1.43. The number of amides is 1. The van der Waals surface area contributed by atoms with Crippen LogP contribution in [0.25, 0.3) is 0 Å². The molecule has 0 N–H and O–H groups in total. The van der Waals surface area contributed by atoms with E-state index in [-0.39, 0.29) is 23.2 Å². The number of carbonyl (C=O) groups excluding carboxylic acids is 2. The number of carbonyl (C=O) groups is 2. The Labute approximate surface area is 242 Å². The molecule has 3 aromatic rings. The fourth-order valence-electron chi connectivity index (χ4n) is 4.70. The molecule has 1 saturated heterocycles. The van der Waals surface area contributed by atoms with Crippen LogP contribution in [0.15, 0.2) is 65.8 Å². The summed E-state index contributed by atoms with van der Waals surface area (Å²) in [6.07, 6.45) is 1.28. The van der Waals surface area contributed by atoms with Crippen molar-refractivity contribution in [2.75, 3.05) is 31.6 Å². The Morgan fingerprint density at radius 1 is 1.00 bits per heavy atom. The number of esters is 1. The molecule has 1 amide bonds. The smallest absolute Gasteiger partial charge is 0.309 e. The second-order valence-electron chi connectivity index (χ2n) is 11.3. The predicted molar refractivity (Wildman–Crippen MR) is 161 cm³/mol. The lowest BCUT2D eigenvalue weighted by atomic mass is 9.92. The summed E-state index contributed by atoms with van der Waals surface area (Å²) in [5.41, 5.74) is 3.81. The molecule has 1 aliphatic rings. The standard InChI is InChI=1S/C32H40N4O3S/c1-6-39-30(38)25-15-17-36(18-16-25)29(37)26-14-10-13-24(19-26)22-40-31-33-27(32(2,3)4)20-28(34-31)35(5)21-23-11-8-7-9-12-23/h7-14,19-20,25H,6,15-18,21-22H2,1-5H3. The first-order chi connectivity index (χ1) is 19.1. The van der Waals surface area contributed by atoms with Gasteiger partial charge in [-0.05, 0) is 43.0 Å². The molecule has 0 radical (unpaired) electrons. The van der Waals surface area contributed by atoms with Gasteiger partial charge in [0.2, 0.25) is 0 Å². The van der Waals surface area contributed by atoms with Crippen LogP contribution in [0.1, 0.15) is 67.7 Å². The van der Waals surface area contributed by atoms with Crippen LogP contribution >= 0.6 is 11.8 Å². The Morgan fingerprint density at radius 2 is 1.70 bits per heavy atom. The summed E-state index contributed by atoms with van der Waals surface area (Å²) in [7, 11) is 2.06. The van der Waals surface area contributed by atoms with Crippen molar-refractivity contribution < 1.29 is 14.3 Å². The van der Waals surface area contributed by atoms with Gasteiger partial charge in [0.25, 0.3) is 5.91 Å². The third kappa shape index (κ3) is 7.84. The van der Waals surface area contributed by atoms with Crippen LogP contribution in [0.3, 0.4) is 0 Å². The first kappa shape index (κ1) is 29.6. The third-order valence-corrected chi connectivity index (χ3v) is 7.98. The fourth-order valence-corrected chi connectivity index (χ4v) is 5.49. The molecule has 0 bridgehead atoms. The number of thioether (sulfide) groups is 1. The molecule has 0 spiro atoms. The second-order valence-corrected chi connectivity index (χ2v) is 12.2. The lowest BCUT2D eigenvalue weighted by Gasteiger charge is -2.31. The number of aromatic nitrogens is 2. The molecule has 1 aliphatic heterocycles. The van der Waals surface area contributed by atoms with Crippen LogP contribution in [0.5, 0.6) is 0 Å². The highest BCUT2D eigenvalue weighted by molar-refractivity contribution is 7.98. The first-order valence-corrected chi connectivity index (χ1v) is 14.9. The van der Waals surface area contributed by atoms with Gasteiger partial charge in [-0.2, -0.15) is 0 Å². The molecule has 1 fully saturated rings. The van der Waals surface area contributed by atoms with Crippen molar-refractivity contribution in [1.82, 2.24) is 14.9 Å². The number of anilines is 1.